The molecule has 5 heteroatoms. The third-order valence-corrected chi connectivity index (χ3v) is 3.27. The van der Waals surface area contributed by atoms with Crippen molar-refractivity contribution in [2.24, 2.45) is 0 Å². The van der Waals surface area contributed by atoms with Crippen LogP contribution < -0.4 is 5.32 Å². The highest BCUT2D eigenvalue weighted by atomic mass is 16.5. The van der Waals surface area contributed by atoms with Crippen molar-refractivity contribution in [3.8, 4) is 0 Å². The van der Waals surface area contributed by atoms with Gasteiger partial charge in [0.2, 0.25) is 11.7 Å². The molecule has 1 saturated carbocycles. The minimum Gasteiger partial charge on any atom is -0.470 e. The molecular formula is C13H19NO4. The van der Waals surface area contributed by atoms with Crippen molar-refractivity contribution in [3.63, 3.8) is 0 Å². The van der Waals surface area contributed by atoms with Crippen LogP contribution in [0.3, 0.4) is 0 Å². The molecule has 0 aromatic heterocycles. The number of hydrogen-bond acceptors (Lipinski definition) is 5. The Morgan fingerprint density at radius 2 is 2.11 bits per heavy atom. The van der Waals surface area contributed by atoms with E-state index < -0.39 is 5.97 Å². The Morgan fingerprint density at radius 3 is 2.78 bits per heavy atom. The number of nitrogens with one attached hydrogen (secondary N) is 1. The van der Waals surface area contributed by atoms with Crippen LogP contribution in [-0.2, 0) is 19.1 Å². The molecule has 100 valence electrons. The maximum absolute atomic E-state index is 11.7. The molecule has 0 saturated heterocycles. The molecule has 0 bridgehead atoms. The number of rotatable bonds is 4. The summed E-state index contributed by atoms with van der Waals surface area (Å²) in [5.74, 6) is -0.574. The fourth-order valence-corrected chi connectivity index (χ4v) is 2.36. The lowest BCUT2D eigenvalue weighted by molar-refractivity contribution is -0.139. The zero-order valence-corrected chi connectivity index (χ0v) is 10.7. The van der Waals surface area contributed by atoms with Crippen molar-refractivity contribution in [2.45, 2.75) is 45.1 Å². The van der Waals surface area contributed by atoms with Crippen LogP contribution in [-0.4, -0.2) is 31.0 Å². The second kappa shape index (κ2) is 5.89. The number of carbonyl (C=O) groups excluding carboxylic acids is 2. The first-order valence-electron chi connectivity index (χ1n) is 6.56. The van der Waals surface area contributed by atoms with E-state index >= 15 is 0 Å². The molecule has 2 aliphatic rings. The van der Waals surface area contributed by atoms with Gasteiger partial charge in [-0.2, -0.15) is 0 Å². The predicted octanol–water partition coefficient (Wildman–Crippen LogP) is 1.28. The van der Waals surface area contributed by atoms with Gasteiger partial charge in [-0.05, 0) is 19.8 Å². The third-order valence-electron chi connectivity index (χ3n) is 3.27. The van der Waals surface area contributed by atoms with Crippen LogP contribution in [0.4, 0.5) is 0 Å². The van der Waals surface area contributed by atoms with Crippen LogP contribution >= 0.6 is 0 Å². The summed E-state index contributed by atoms with van der Waals surface area (Å²) < 4.78 is 10.1. The van der Waals surface area contributed by atoms with Crippen molar-refractivity contribution in [2.75, 3.05) is 13.2 Å². The van der Waals surface area contributed by atoms with E-state index in [2.05, 4.69) is 5.32 Å². The van der Waals surface area contributed by atoms with Crippen LogP contribution in [0.2, 0.25) is 0 Å². The van der Waals surface area contributed by atoms with E-state index in [-0.39, 0.29) is 24.6 Å². The molecule has 2 rings (SSSR count). The molecule has 5 nitrogen and oxygen atoms in total. The van der Waals surface area contributed by atoms with Gasteiger partial charge < -0.3 is 14.8 Å². The second-order valence-corrected chi connectivity index (χ2v) is 4.62. The third kappa shape index (κ3) is 2.83. The zero-order chi connectivity index (χ0) is 13.0. The topological polar surface area (TPSA) is 64.6 Å². The van der Waals surface area contributed by atoms with E-state index in [9.17, 15) is 9.59 Å². The number of ketones is 1. The maximum atomic E-state index is 11.7. The van der Waals surface area contributed by atoms with E-state index in [0.717, 1.165) is 12.8 Å². The highest BCUT2D eigenvalue weighted by molar-refractivity contribution is 6.19. The van der Waals surface area contributed by atoms with Crippen LogP contribution in [0.1, 0.15) is 39.0 Å². The summed E-state index contributed by atoms with van der Waals surface area (Å²) in [5, 5.41) is 3.17. The maximum Gasteiger partial charge on any atom is 0.347 e. The van der Waals surface area contributed by atoms with E-state index in [0.29, 0.717) is 11.9 Å². The SMILES string of the molecule is CCOC(=O)C1=C(NC2CCCCC2)OCC1=O. The minimum absolute atomic E-state index is 0.0439. The average Bonchev–Trinajstić information content (AvgIpc) is 2.72. The summed E-state index contributed by atoms with van der Waals surface area (Å²) in [6, 6.07) is 0.295. The van der Waals surface area contributed by atoms with Gasteiger partial charge in [-0.25, -0.2) is 4.79 Å². The Balaban J connectivity index is 2.06. The molecule has 0 spiro atoms. The zero-order valence-electron chi connectivity index (χ0n) is 10.7. The monoisotopic (exact) mass is 253 g/mol. The highest BCUT2D eigenvalue weighted by Crippen LogP contribution is 2.22. The van der Waals surface area contributed by atoms with Gasteiger partial charge in [-0.1, -0.05) is 19.3 Å². The van der Waals surface area contributed by atoms with Crippen LogP contribution in [0.25, 0.3) is 0 Å². The molecule has 0 atom stereocenters. The van der Waals surface area contributed by atoms with E-state index in [1.807, 2.05) is 0 Å². The Bertz CT molecular complexity index is 369. The van der Waals surface area contributed by atoms with Crippen LogP contribution in [0.5, 0.6) is 0 Å². The fraction of sp³-hybridized carbons (Fsp3) is 0.692. The normalized spacial score (nSPS) is 20.8. The molecule has 1 aliphatic heterocycles. The summed E-state index contributed by atoms with van der Waals surface area (Å²) in [6.07, 6.45) is 5.71. The van der Waals surface area contributed by atoms with Crippen molar-refractivity contribution in [1.29, 1.82) is 0 Å². The Hall–Kier alpha value is -1.52. The predicted molar refractivity (Wildman–Crippen MR) is 64.6 cm³/mol. The number of Topliss-reactive ketones (excluding diaryl/α,β-unsaturated/α-hetero) is 1. The molecule has 1 fully saturated rings. The summed E-state index contributed by atoms with van der Waals surface area (Å²) in [7, 11) is 0. The fourth-order valence-electron chi connectivity index (χ4n) is 2.36. The first-order chi connectivity index (χ1) is 8.72. The lowest BCUT2D eigenvalue weighted by Crippen LogP contribution is -2.32. The molecule has 0 aromatic carbocycles. The van der Waals surface area contributed by atoms with Gasteiger partial charge in [0.1, 0.15) is 0 Å². The first-order valence-corrected chi connectivity index (χ1v) is 6.56. The molecule has 0 aromatic rings. The lowest BCUT2D eigenvalue weighted by Gasteiger charge is -2.24. The standard InChI is InChI=1S/C13H19NO4/c1-2-17-13(16)11-10(15)8-18-12(11)14-9-6-4-3-5-7-9/h9,14H,2-8H2,1H3. The molecule has 1 N–H and O–H groups in total. The first kappa shape index (κ1) is 12.9. The quantitative estimate of drug-likeness (QED) is 0.604. The second-order valence-electron chi connectivity index (χ2n) is 4.62. The van der Waals surface area contributed by atoms with Gasteiger partial charge in [0.05, 0.1) is 6.61 Å². The average molecular weight is 253 g/mol. The largest absolute Gasteiger partial charge is 0.470 e. The molecular weight excluding hydrogens is 234 g/mol. The van der Waals surface area contributed by atoms with Crippen molar-refractivity contribution in [1.82, 2.24) is 5.32 Å². The smallest absolute Gasteiger partial charge is 0.347 e. The Morgan fingerprint density at radius 1 is 1.39 bits per heavy atom. The van der Waals surface area contributed by atoms with Crippen LogP contribution in [0.15, 0.2) is 11.5 Å². The van der Waals surface area contributed by atoms with E-state index in [1.54, 1.807) is 6.92 Å². The molecule has 0 radical (unpaired) electrons. The molecule has 18 heavy (non-hydrogen) atoms. The molecule has 0 unspecified atom stereocenters. The number of hydrogen-bond donors (Lipinski definition) is 1. The number of carbonyl (C=O) groups is 2. The van der Waals surface area contributed by atoms with Gasteiger partial charge in [0.25, 0.3) is 0 Å². The summed E-state index contributed by atoms with van der Waals surface area (Å²) in [5.41, 5.74) is 0.0439. The van der Waals surface area contributed by atoms with E-state index in [4.69, 9.17) is 9.47 Å². The van der Waals surface area contributed by atoms with Crippen molar-refractivity contribution >= 4 is 11.8 Å². The Labute approximate surface area is 107 Å². The van der Waals surface area contributed by atoms with Crippen molar-refractivity contribution in [3.05, 3.63) is 11.5 Å². The van der Waals surface area contributed by atoms with Gasteiger partial charge in [-0.15, -0.1) is 0 Å². The van der Waals surface area contributed by atoms with Crippen molar-refractivity contribution < 1.29 is 19.1 Å². The molecule has 0 amide bonds. The summed E-state index contributed by atoms with van der Waals surface area (Å²) >= 11 is 0. The van der Waals surface area contributed by atoms with Gasteiger partial charge >= 0.3 is 5.97 Å². The van der Waals surface area contributed by atoms with Gasteiger partial charge in [-0.3, -0.25) is 4.79 Å². The van der Waals surface area contributed by atoms with E-state index in [1.165, 1.54) is 19.3 Å². The number of esters is 1. The summed E-state index contributed by atoms with van der Waals surface area (Å²) in [6.45, 7) is 1.91. The highest BCUT2D eigenvalue weighted by Gasteiger charge is 2.33. The van der Waals surface area contributed by atoms with Gasteiger partial charge in [0.15, 0.2) is 12.2 Å². The van der Waals surface area contributed by atoms with Gasteiger partial charge in [0, 0.05) is 6.04 Å². The minimum atomic E-state index is -0.585. The molecule has 1 heterocycles. The summed E-state index contributed by atoms with van der Waals surface area (Å²) in [4.78, 5) is 23.3. The number of ether oxygens (including phenoxy) is 2. The molecule has 1 aliphatic carbocycles. The van der Waals surface area contributed by atoms with Crippen LogP contribution in [0, 0.1) is 0 Å². The lowest BCUT2D eigenvalue weighted by atomic mass is 9.95. The Kier molecular flexibility index (Phi) is 4.23.